The number of H-pyrrole nitrogens is 1. The van der Waals surface area contributed by atoms with Gasteiger partial charge in [-0.25, -0.2) is 0 Å². The van der Waals surface area contributed by atoms with Crippen LogP contribution in [0.5, 0.6) is 11.5 Å². The minimum absolute atomic E-state index is 0.155. The SMILES string of the molecule is CNC(=O)C(=O)c1c(OC)cc(OC)c2c(-c3ccc(Cl)cc3)c[nH]c12. The molecule has 0 aliphatic carbocycles. The van der Waals surface area contributed by atoms with Crippen LogP contribution >= 0.6 is 11.6 Å². The average molecular weight is 373 g/mol. The lowest BCUT2D eigenvalue weighted by molar-refractivity contribution is -0.116. The molecule has 0 bridgehead atoms. The van der Waals surface area contributed by atoms with E-state index in [1.54, 1.807) is 24.4 Å². The maximum absolute atomic E-state index is 12.6. The first-order valence-electron chi connectivity index (χ1n) is 7.80. The molecule has 0 atom stereocenters. The van der Waals surface area contributed by atoms with E-state index in [1.807, 2.05) is 12.1 Å². The molecule has 134 valence electrons. The smallest absolute Gasteiger partial charge is 0.292 e. The number of carbonyl (C=O) groups excluding carboxylic acids is 2. The zero-order valence-corrected chi connectivity index (χ0v) is 15.2. The first-order chi connectivity index (χ1) is 12.5. The van der Waals surface area contributed by atoms with Crippen molar-refractivity contribution in [3.8, 4) is 22.6 Å². The van der Waals surface area contributed by atoms with Gasteiger partial charge in [0.15, 0.2) is 0 Å². The van der Waals surface area contributed by atoms with E-state index >= 15 is 0 Å². The Morgan fingerprint density at radius 2 is 1.73 bits per heavy atom. The molecule has 0 unspecified atom stereocenters. The molecule has 1 aromatic heterocycles. The van der Waals surface area contributed by atoms with Crippen LogP contribution in [0.2, 0.25) is 5.02 Å². The third-order valence-corrected chi connectivity index (χ3v) is 4.39. The predicted octanol–water partition coefficient (Wildman–Crippen LogP) is 3.43. The molecule has 0 aliphatic heterocycles. The number of aromatic nitrogens is 1. The van der Waals surface area contributed by atoms with Gasteiger partial charge in [-0.1, -0.05) is 23.7 Å². The summed E-state index contributed by atoms with van der Waals surface area (Å²) < 4.78 is 10.8. The summed E-state index contributed by atoms with van der Waals surface area (Å²) in [4.78, 5) is 27.6. The Labute approximate surface area is 155 Å². The minimum atomic E-state index is -0.725. The van der Waals surface area contributed by atoms with Crippen LogP contribution in [0.1, 0.15) is 10.4 Å². The summed E-state index contributed by atoms with van der Waals surface area (Å²) in [6.45, 7) is 0. The molecule has 7 heteroatoms. The molecule has 3 aromatic rings. The number of rotatable bonds is 5. The van der Waals surface area contributed by atoms with E-state index in [1.165, 1.54) is 21.3 Å². The average Bonchev–Trinajstić information content (AvgIpc) is 3.10. The zero-order valence-electron chi connectivity index (χ0n) is 14.5. The predicted molar refractivity (Wildman–Crippen MR) is 100 cm³/mol. The number of aromatic amines is 1. The largest absolute Gasteiger partial charge is 0.496 e. The number of nitrogens with one attached hydrogen (secondary N) is 2. The molecule has 0 radical (unpaired) electrons. The van der Waals surface area contributed by atoms with Gasteiger partial charge in [-0.3, -0.25) is 9.59 Å². The first-order valence-corrected chi connectivity index (χ1v) is 8.18. The molecule has 0 aliphatic rings. The molecule has 1 heterocycles. The Balaban J connectivity index is 2.33. The van der Waals surface area contributed by atoms with Crippen molar-refractivity contribution in [3.05, 3.63) is 47.1 Å². The van der Waals surface area contributed by atoms with Gasteiger partial charge in [0.1, 0.15) is 11.5 Å². The molecule has 2 aromatic carbocycles. The number of halogens is 1. The Hall–Kier alpha value is -2.99. The number of carbonyl (C=O) groups is 2. The van der Waals surface area contributed by atoms with Gasteiger partial charge in [0.25, 0.3) is 11.7 Å². The highest BCUT2D eigenvalue weighted by Gasteiger charge is 2.26. The van der Waals surface area contributed by atoms with Gasteiger partial charge in [-0.2, -0.15) is 0 Å². The van der Waals surface area contributed by atoms with Crippen LogP contribution in [0.3, 0.4) is 0 Å². The second-order valence-corrected chi connectivity index (χ2v) is 5.96. The van der Waals surface area contributed by atoms with Gasteiger partial charge in [0.2, 0.25) is 0 Å². The van der Waals surface area contributed by atoms with Crippen LogP contribution in [0.15, 0.2) is 36.5 Å². The Kier molecular flexibility index (Phi) is 4.86. The molecule has 3 rings (SSSR count). The second-order valence-electron chi connectivity index (χ2n) is 5.52. The van der Waals surface area contributed by atoms with Crippen molar-refractivity contribution in [3.63, 3.8) is 0 Å². The quantitative estimate of drug-likeness (QED) is 0.531. The highest BCUT2D eigenvalue weighted by molar-refractivity contribution is 6.45. The standard InChI is InChI=1S/C19H17ClN2O4/c1-21-19(24)18(23)16-14(26-3)8-13(25-2)15-12(9-22-17(15)16)10-4-6-11(20)7-5-10/h4-9,22H,1-3H3,(H,21,24). The van der Waals surface area contributed by atoms with Crippen LogP contribution < -0.4 is 14.8 Å². The molecular formula is C19H17ClN2O4. The van der Waals surface area contributed by atoms with Gasteiger partial charge in [-0.15, -0.1) is 0 Å². The lowest BCUT2D eigenvalue weighted by Crippen LogP contribution is -2.28. The van der Waals surface area contributed by atoms with Gasteiger partial charge < -0.3 is 19.8 Å². The molecule has 0 spiro atoms. The summed E-state index contributed by atoms with van der Waals surface area (Å²) in [5, 5.41) is 3.65. The first kappa shape index (κ1) is 17.8. The van der Waals surface area contributed by atoms with Gasteiger partial charge >= 0.3 is 0 Å². The minimum Gasteiger partial charge on any atom is -0.496 e. The highest BCUT2D eigenvalue weighted by atomic mass is 35.5. The third-order valence-electron chi connectivity index (χ3n) is 4.14. The number of fused-ring (bicyclic) bond motifs is 1. The number of amides is 1. The number of methoxy groups -OCH3 is 2. The highest BCUT2D eigenvalue weighted by Crippen LogP contribution is 2.41. The summed E-state index contributed by atoms with van der Waals surface area (Å²) in [5.74, 6) is -0.636. The molecule has 26 heavy (non-hydrogen) atoms. The van der Waals surface area contributed by atoms with Crippen molar-refractivity contribution in [1.29, 1.82) is 0 Å². The van der Waals surface area contributed by atoms with Gasteiger partial charge in [0.05, 0.1) is 30.7 Å². The van der Waals surface area contributed by atoms with Crippen molar-refractivity contribution in [1.82, 2.24) is 10.3 Å². The van der Waals surface area contributed by atoms with Crippen molar-refractivity contribution in [2.24, 2.45) is 0 Å². The molecule has 0 fully saturated rings. The summed E-state index contributed by atoms with van der Waals surface area (Å²) in [6.07, 6.45) is 1.76. The summed E-state index contributed by atoms with van der Waals surface area (Å²) in [5.41, 5.74) is 2.34. The van der Waals surface area contributed by atoms with Crippen molar-refractivity contribution >= 4 is 34.2 Å². The maximum atomic E-state index is 12.6. The second kappa shape index (κ2) is 7.09. The van der Waals surface area contributed by atoms with E-state index in [0.717, 1.165) is 11.1 Å². The number of hydrogen-bond donors (Lipinski definition) is 2. The van der Waals surface area contributed by atoms with E-state index in [-0.39, 0.29) is 11.3 Å². The fourth-order valence-corrected chi connectivity index (χ4v) is 3.02. The number of Topliss-reactive ketones (excluding diaryl/α,β-unsaturated/α-hetero) is 1. The normalized spacial score (nSPS) is 10.6. The summed E-state index contributed by atoms with van der Waals surface area (Å²) >= 11 is 5.97. The third kappa shape index (κ3) is 2.88. The van der Waals surface area contributed by atoms with E-state index in [0.29, 0.717) is 21.7 Å². The zero-order chi connectivity index (χ0) is 18.8. The lowest BCUT2D eigenvalue weighted by Gasteiger charge is -2.13. The Morgan fingerprint density at radius 3 is 2.31 bits per heavy atom. The summed E-state index contributed by atoms with van der Waals surface area (Å²) in [6, 6.07) is 8.90. The topological polar surface area (TPSA) is 80.4 Å². The van der Waals surface area contributed by atoms with E-state index < -0.39 is 11.7 Å². The lowest BCUT2D eigenvalue weighted by atomic mass is 9.99. The molecule has 6 nitrogen and oxygen atoms in total. The Morgan fingerprint density at radius 1 is 1.08 bits per heavy atom. The number of benzene rings is 2. The van der Waals surface area contributed by atoms with E-state index in [9.17, 15) is 9.59 Å². The molecule has 0 saturated heterocycles. The Bertz CT molecular complexity index is 993. The van der Waals surface area contributed by atoms with Crippen LogP contribution in [-0.4, -0.2) is 37.9 Å². The van der Waals surface area contributed by atoms with Crippen LogP contribution in [-0.2, 0) is 4.79 Å². The van der Waals surface area contributed by atoms with E-state index in [4.69, 9.17) is 21.1 Å². The van der Waals surface area contributed by atoms with E-state index in [2.05, 4.69) is 10.3 Å². The number of hydrogen-bond acceptors (Lipinski definition) is 4. The summed E-state index contributed by atoms with van der Waals surface area (Å²) in [7, 11) is 4.37. The van der Waals surface area contributed by atoms with Gasteiger partial charge in [-0.05, 0) is 17.7 Å². The molecule has 2 N–H and O–H groups in total. The van der Waals surface area contributed by atoms with Crippen molar-refractivity contribution in [2.45, 2.75) is 0 Å². The molecule has 0 saturated carbocycles. The van der Waals surface area contributed by atoms with Gasteiger partial charge in [0, 0.05) is 29.9 Å². The number of ether oxygens (including phenoxy) is 2. The monoisotopic (exact) mass is 372 g/mol. The number of ketones is 1. The fourth-order valence-electron chi connectivity index (χ4n) is 2.89. The van der Waals surface area contributed by atoms with Crippen LogP contribution in [0.25, 0.3) is 22.0 Å². The van der Waals surface area contributed by atoms with Crippen molar-refractivity contribution < 1.29 is 19.1 Å². The fraction of sp³-hybridized carbons (Fsp3) is 0.158. The maximum Gasteiger partial charge on any atom is 0.292 e. The van der Waals surface area contributed by atoms with Crippen LogP contribution in [0.4, 0.5) is 0 Å². The van der Waals surface area contributed by atoms with Crippen molar-refractivity contribution in [2.75, 3.05) is 21.3 Å². The molecular weight excluding hydrogens is 356 g/mol. The van der Waals surface area contributed by atoms with Crippen LogP contribution in [0, 0.1) is 0 Å². The number of likely N-dealkylation sites (N-methyl/N-ethyl adjacent to an activating group) is 1. The molecule has 1 amide bonds.